The molecule has 3 aliphatic rings. The van der Waals surface area contributed by atoms with Crippen LogP contribution in [0.1, 0.15) is 57.4 Å². The molecule has 3 fully saturated rings. The van der Waals surface area contributed by atoms with Crippen LogP contribution >= 0.6 is 0 Å². The first kappa shape index (κ1) is 24.2. The van der Waals surface area contributed by atoms with E-state index in [1.807, 2.05) is 14.0 Å². The third-order valence-electron chi connectivity index (χ3n) is 8.22. The Labute approximate surface area is 199 Å². The van der Waals surface area contributed by atoms with Crippen molar-refractivity contribution in [1.82, 2.24) is 20.4 Å². The number of fused-ring (bicyclic) bond motifs is 1. The Bertz CT molecular complexity index is 776. The number of likely N-dealkylation sites (tertiary alicyclic amines) is 2. The third-order valence-corrected chi connectivity index (χ3v) is 8.22. The molecule has 1 aliphatic carbocycles. The summed E-state index contributed by atoms with van der Waals surface area (Å²) in [5, 5.41) is 6.29. The van der Waals surface area contributed by atoms with Gasteiger partial charge >= 0.3 is 0 Å². The average molecular weight is 455 g/mol. The lowest BCUT2D eigenvalue weighted by atomic mass is 9.83. The zero-order valence-electron chi connectivity index (χ0n) is 20.5. The summed E-state index contributed by atoms with van der Waals surface area (Å²) in [7, 11) is 1.82. The Morgan fingerprint density at radius 2 is 1.82 bits per heavy atom. The molecule has 0 aromatic heterocycles. The summed E-state index contributed by atoms with van der Waals surface area (Å²) in [5.41, 5.74) is 1.37. The van der Waals surface area contributed by atoms with Crippen LogP contribution < -0.4 is 10.6 Å². The molecule has 0 unspecified atom stereocenters. The number of hydrogen-bond donors (Lipinski definition) is 2. The molecule has 4 rings (SSSR count). The third kappa shape index (κ3) is 5.78. The van der Waals surface area contributed by atoms with E-state index in [0.717, 1.165) is 71.1 Å². The van der Waals surface area contributed by atoms with E-state index in [4.69, 9.17) is 0 Å². The van der Waals surface area contributed by atoms with Gasteiger partial charge in [-0.05, 0) is 56.6 Å². The maximum absolute atomic E-state index is 13.9. The molecule has 2 amide bonds. The van der Waals surface area contributed by atoms with Crippen LogP contribution in [-0.4, -0.2) is 73.0 Å². The topological polar surface area (TPSA) is 64.7 Å². The summed E-state index contributed by atoms with van der Waals surface area (Å²) in [6, 6.07) is 10.3. The molecular formula is C27H42N4O2. The predicted octanol–water partition coefficient (Wildman–Crippen LogP) is 2.82. The number of amides is 2. The van der Waals surface area contributed by atoms with Crippen LogP contribution in [0.15, 0.2) is 30.3 Å². The number of rotatable bonds is 9. The van der Waals surface area contributed by atoms with Crippen LogP contribution in [0.2, 0.25) is 0 Å². The van der Waals surface area contributed by atoms with Gasteiger partial charge in [0.25, 0.3) is 0 Å². The molecule has 1 aromatic rings. The smallest absolute Gasteiger partial charge is 0.245 e. The second kappa shape index (κ2) is 11.5. The normalized spacial score (nSPS) is 25.6. The van der Waals surface area contributed by atoms with E-state index in [-0.39, 0.29) is 29.8 Å². The molecule has 2 N–H and O–H groups in total. The van der Waals surface area contributed by atoms with Crippen molar-refractivity contribution in [3.8, 4) is 0 Å². The van der Waals surface area contributed by atoms with Gasteiger partial charge in [-0.25, -0.2) is 0 Å². The SMILES string of the molecule is CC[C@H](NC)C(=O)N[C@H](C(=O)N1CC[C@@H]2CN(CCc3ccccc3)C[C@@H]21)C1CCCCC1. The van der Waals surface area contributed by atoms with Gasteiger partial charge in [-0.3, -0.25) is 9.59 Å². The first-order chi connectivity index (χ1) is 16.1. The predicted molar refractivity (Wildman–Crippen MR) is 132 cm³/mol. The van der Waals surface area contributed by atoms with Crippen molar-refractivity contribution in [2.24, 2.45) is 11.8 Å². The van der Waals surface area contributed by atoms with Gasteiger partial charge in [-0.15, -0.1) is 0 Å². The van der Waals surface area contributed by atoms with Crippen LogP contribution in [0.3, 0.4) is 0 Å². The Kier molecular flexibility index (Phi) is 8.42. The molecule has 2 aliphatic heterocycles. The molecule has 6 heteroatoms. The standard InChI is InChI=1S/C27H42N4O2/c1-3-23(28-2)26(32)29-25(21-12-8-5-9-13-21)27(33)31-17-15-22-18-30(19-24(22)31)16-14-20-10-6-4-7-11-20/h4,6-7,10-11,21-25,28H,3,5,8-9,12-19H2,1-2H3,(H,29,32)/t22-,23+,24+,25+/m1/s1. The van der Waals surface area contributed by atoms with Crippen LogP contribution in [-0.2, 0) is 16.0 Å². The van der Waals surface area contributed by atoms with Gasteiger partial charge in [0.15, 0.2) is 0 Å². The lowest BCUT2D eigenvalue weighted by Crippen LogP contribution is -2.57. The molecule has 2 saturated heterocycles. The molecule has 0 bridgehead atoms. The van der Waals surface area contributed by atoms with Crippen LogP contribution in [0, 0.1) is 11.8 Å². The molecule has 182 valence electrons. The van der Waals surface area contributed by atoms with Crippen molar-refractivity contribution >= 4 is 11.8 Å². The molecule has 4 atom stereocenters. The first-order valence-corrected chi connectivity index (χ1v) is 13.1. The fraction of sp³-hybridized carbons (Fsp3) is 0.704. The molecule has 1 saturated carbocycles. The number of likely N-dealkylation sites (N-methyl/N-ethyl adjacent to an activating group) is 1. The maximum Gasteiger partial charge on any atom is 0.245 e. The molecule has 2 heterocycles. The zero-order valence-corrected chi connectivity index (χ0v) is 20.5. The van der Waals surface area contributed by atoms with Gasteiger partial charge in [0.2, 0.25) is 11.8 Å². The Morgan fingerprint density at radius 3 is 2.52 bits per heavy atom. The fourth-order valence-electron chi connectivity index (χ4n) is 6.24. The van der Waals surface area contributed by atoms with E-state index in [1.54, 1.807) is 0 Å². The van der Waals surface area contributed by atoms with Crippen LogP contribution in [0.25, 0.3) is 0 Å². The van der Waals surface area contributed by atoms with Gasteiger partial charge in [0.05, 0.1) is 6.04 Å². The highest BCUT2D eigenvalue weighted by Crippen LogP contribution is 2.34. The summed E-state index contributed by atoms with van der Waals surface area (Å²) < 4.78 is 0. The Balaban J connectivity index is 1.40. The minimum atomic E-state index is -0.377. The molecular weight excluding hydrogens is 412 g/mol. The number of carbonyl (C=O) groups excluding carboxylic acids is 2. The number of hydrogen-bond acceptors (Lipinski definition) is 4. The van der Waals surface area contributed by atoms with Crippen molar-refractivity contribution in [3.63, 3.8) is 0 Å². The van der Waals surface area contributed by atoms with Crippen molar-refractivity contribution < 1.29 is 9.59 Å². The lowest BCUT2D eigenvalue weighted by molar-refractivity contribution is -0.139. The zero-order chi connectivity index (χ0) is 23.2. The summed E-state index contributed by atoms with van der Waals surface area (Å²) in [6.45, 7) is 5.93. The maximum atomic E-state index is 13.9. The molecule has 0 radical (unpaired) electrons. The van der Waals surface area contributed by atoms with Crippen molar-refractivity contribution in [1.29, 1.82) is 0 Å². The fourth-order valence-corrected chi connectivity index (χ4v) is 6.24. The average Bonchev–Trinajstić information content (AvgIpc) is 3.43. The molecule has 33 heavy (non-hydrogen) atoms. The number of benzene rings is 1. The summed E-state index contributed by atoms with van der Waals surface area (Å²) in [5.74, 6) is 0.960. The van der Waals surface area contributed by atoms with Gasteiger partial charge in [-0.2, -0.15) is 0 Å². The highest BCUT2D eigenvalue weighted by Gasteiger charge is 2.46. The van der Waals surface area contributed by atoms with Crippen molar-refractivity contribution in [3.05, 3.63) is 35.9 Å². The minimum Gasteiger partial charge on any atom is -0.343 e. The molecule has 6 nitrogen and oxygen atoms in total. The first-order valence-electron chi connectivity index (χ1n) is 13.1. The van der Waals surface area contributed by atoms with Crippen LogP contribution in [0.5, 0.6) is 0 Å². The van der Waals surface area contributed by atoms with E-state index >= 15 is 0 Å². The molecule has 1 aromatic carbocycles. The van der Waals surface area contributed by atoms with Gasteiger partial charge in [-0.1, -0.05) is 56.5 Å². The van der Waals surface area contributed by atoms with E-state index in [1.165, 1.54) is 12.0 Å². The number of nitrogens with one attached hydrogen (secondary N) is 2. The number of carbonyl (C=O) groups is 2. The number of nitrogens with zero attached hydrogens (tertiary/aromatic N) is 2. The highest BCUT2D eigenvalue weighted by atomic mass is 16.2. The second-order valence-corrected chi connectivity index (χ2v) is 10.3. The largest absolute Gasteiger partial charge is 0.343 e. The van der Waals surface area contributed by atoms with Gasteiger partial charge in [0.1, 0.15) is 6.04 Å². The Hall–Kier alpha value is -1.92. The molecule has 0 spiro atoms. The van der Waals surface area contributed by atoms with Crippen molar-refractivity contribution in [2.75, 3.05) is 33.2 Å². The summed E-state index contributed by atoms with van der Waals surface area (Å²) >= 11 is 0. The monoisotopic (exact) mass is 454 g/mol. The van der Waals surface area contributed by atoms with Gasteiger partial charge < -0.3 is 20.4 Å². The quantitative estimate of drug-likeness (QED) is 0.602. The minimum absolute atomic E-state index is 0.0319. The van der Waals surface area contributed by atoms with E-state index in [9.17, 15) is 9.59 Å². The van der Waals surface area contributed by atoms with Crippen LogP contribution in [0.4, 0.5) is 0 Å². The van der Waals surface area contributed by atoms with E-state index in [0.29, 0.717) is 12.0 Å². The summed E-state index contributed by atoms with van der Waals surface area (Å²) in [6.07, 6.45) is 8.49. The van der Waals surface area contributed by atoms with E-state index < -0.39 is 0 Å². The summed E-state index contributed by atoms with van der Waals surface area (Å²) in [4.78, 5) is 31.5. The highest BCUT2D eigenvalue weighted by molar-refractivity contribution is 5.90. The Morgan fingerprint density at radius 1 is 1.06 bits per heavy atom. The second-order valence-electron chi connectivity index (χ2n) is 10.3. The van der Waals surface area contributed by atoms with Crippen molar-refractivity contribution in [2.45, 2.75) is 76.4 Å². The van der Waals surface area contributed by atoms with Gasteiger partial charge in [0, 0.05) is 32.2 Å². The van der Waals surface area contributed by atoms with E-state index in [2.05, 4.69) is 50.8 Å². The lowest BCUT2D eigenvalue weighted by Gasteiger charge is -2.35.